The minimum atomic E-state index is -0.526. The lowest BCUT2D eigenvalue weighted by Crippen LogP contribution is -2.20. The van der Waals surface area contributed by atoms with Crippen LogP contribution in [0.15, 0.2) is 77.0 Å². The molecule has 3 aromatic carbocycles. The molecule has 0 unspecified atom stereocenters. The SMILES string of the molecule is COc1ccc(-c2nnc(SCC(=O)N/N=C/c3c(F)cccc3Cl)n2-c2ccc(C)cc2)cc1. The highest BCUT2D eigenvalue weighted by atomic mass is 35.5. The van der Waals surface area contributed by atoms with Crippen LogP contribution in [-0.4, -0.2) is 39.7 Å². The van der Waals surface area contributed by atoms with Gasteiger partial charge in [0.15, 0.2) is 11.0 Å². The summed E-state index contributed by atoms with van der Waals surface area (Å²) in [7, 11) is 1.61. The largest absolute Gasteiger partial charge is 0.497 e. The highest BCUT2D eigenvalue weighted by Gasteiger charge is 2.17. The summed E-state index contributed by atoms with van der Waals surface area (Å²) in [5, 5.41) is 13.2. The number of hydrogen-bond acceptors (Lipinski definition) is 6. The highest BCUT2D eigenvalue weighted by molar-refractivity contribution is 7.99. The number of rotatable bonds is 8. The van der Waals surface area contributed by atoms with Gasteiger partial charge in [0.05, 0.1) is 24.1 Å². The summed E-state index contributed by atoms with van der Waals surface area (Å²) in [6.07, 6.45) is 1.18. The maximum Gasteiger partial charge on any atom is 0.250 e. The number of carbonyl (C=O) groups excluding carboxylic acids is 1. The molecule has 1 amide bonds. The van der Waals surface area contributed by atoms with Crippen LogP contribution in [0.4, 0.5) is 4.39 Å². The third kappa shape index (κ3) is 5.87. The predicted molar refractivity (Wildman–Crippen MR) is 136 cm³/mol. The smallest absolute Gasteiger partial charge is 0.250 e. The maximum atomic E-state index is 13.8. The van der Waals surface area contributed by atoms with Crippen LogP contribution in [0.3, 0.4) is 0 Å². The van der Waals surface area contributed by atoms with Crippen molar-refractivity contribution >= 4 is 35.5 Å². The molecule has 0 fully saturated rings. The first-order valence-electron chi connectivity index (χ1n) is 10.5. The summed E-state index contributed by atoms with van der Waals surface area (Å²) in [4.78, 5) is 12.4. The lowest BCUT2D eigenvalue weighted by atomic mass is 10.2. The van der Waals surface area contributed by atoms with Gasteiger partial charge in [-0.2, -0.15) is 5.10 Å². The number of aryl methyl sites for hydroxylation is 1. The fourth-order valence-electron chi connectivity index (χ4n) is 3.18. The Bertz CT molecular complexity index is 1340. The summed E-state index contributed by atoms with van der Waals surface area (Å²) in [6.45, 7) is 2.01. The fourth-order valence-corrected chi connectivity index (χ4v) is 4.14. The highest BCUT2D eigenvalue weighted by Crippen LogP contribution is 2.29. The summed E-state index contributed by atoms with van der Waals surface area (Å²) in [5.41, 5.74) is 5.32. The van der Waals surface area contributed by atoms with E-state index in [9.17, 15) is 9.18 Å². The number of benzene rings is 3. The van der Waals surface area contributed by atoms with Crippen LogP contribution in [0, 0.1) is 12.7 Å². The van der Waals surface area contributed by atoms with Crippen molar-refractivity contribution in [1.29, 1.82) is 0 Å². The number of aromatic nitrogens is 3. The topological polar surface area (TPSA) is 81.4 Å². The molecule has 0 aliphatic heterocycles. The average Bonchev–Trinajstić information content (AvgIpc) is 3.29. The second-order valence-electron chi connectivity index (χ2n) is 7.42. The average molecular weight is 510 g/mol. The van der Waals surface area contributed by atoms with E-state index in [1.165, 1.54) is 30.1 Å². The number of carbonyl (C=O) groups is 1. The van der Waals surface area contributed by atoms with Crippen LogP contribution in [0.5, 0.6) is 5.75 Å². The fraction of sp³-hybridized carbons (Fsp3) is 0.120. The quantitative estimate of drug-likeness (QED) is 0.198. The molecule has 0 aliphatic carbocycles. The van der Waals surface area contributed by atoms with E-state index in [4.69, 9.17) is 16.3 Å². The Morgan fingerprint density at radius 3 is 2.57 bits per heavy atom. The van der Waals surface area contributed by atoms with E-state index in [0.29, 0.717) is 11.0 Å². The molecule has 0 spiro atoms. The first-order valence-corrected chi connectivity index (χ1v) is 11.9. The minimum absolute atomic E-state index is 0.0228. The van der Waals surface area contributed by atoms with Gasteiger partial charge in [0.2, 0.25) is 0 Å². The molecule has 4 rings (SSSR count). The van der Waals surface area contributed by atoms with Crippen LogP contribution in [0.1, 0.15) is 11.1 Å². The van der Waals surface area contributed by atoms with Gasteiger partial charge < -0.3 is 4.74 Å². The molecule has 4 aromatic rings. The van der Waals surface area contributed by atoms with Crippen LogP contribution in [0.2, 0.25) is 5.02 Å². The first kappa shape index (κ1) is 24.4. The number of ether oxygens (including phenoxy) is 1. The third-order valence-corrected chi connectivity index (χ3v) is 6.25. The van der Waals surface area contributed by atoms with Gasteiger partial charge in [0.25, 0.3) is 5.91 Å². The lowest BCUT2D eigenvalue weighted by molar-refractivity contribution is -0.118. The molecule has 0 aliphatic rings. The van der Waals surface area contributed by atoms with Crippen LogP contribution < -0.4 is 10.2 Å². The third-order valence-electron chi connectivity index (χ3n) is 4.99. The molecule has 35 heavy (non-hydrogen) atoms. The number of halogens is 2. The van der Waals surface area contributed by atoms with Gasteiger partial charge in [-0.15, -0.1) is 10.2 Å². The van der Waals surface area contributed by atoms with E-state index in [2.05, 4.69) is 20.7 Å². The van der Waals surface area contributed by atoms with Crippen molar-refractivity contribution in [3.63, 3.8) is 0 Å². The number of hydrogen-bond donors (Lipinski definition) is 1. The van der Waals surface area contributed by atoms with Gasteiger partial charge in [-0.1, -0.05) is 47.1 Å². The van der Waals surface area contributed by atoms with Crippen molar-refractivity contribution in [2.24, 2.45) is 5.10 Å². The molecule has 10 heteroatoms. The van der Waals surface area contributed by atoms with Crippen LogP contribution in [-0.2, 0) is 4.79 Å². The number of amides is 1. The second kappa shape index (κ2) is 11.2. The Balaban J connectivity index is 1.53. The number of nitrogens with zero attached hydrogens (tertiary/aromatic N) is 4. The van der Waals surface area contributed by atoms with E-state index in [1.807, 2.05) is 60.0 Å². The number of thioether (sulfide) groups is 1. The molecule has 1 N–H and O–H groups in total. The Morgan fingerprint density at radius 1 is 1.14 bits per heavy atom. The molecule has 0 bridgehead atoms. The molecule has 0 saturated heterocycles. The summed E-state index contributed by atoms with van der Waals surface area (Å²) in [5.74, 6) is 0.477. The van der Waals surface area contributed by atoms with Crippen molar-refractivity contribution in [2.75, 3.05) is 12.9 Å². The standard InChI is InChI=1S/C25H21ClFN5O2S/c1-16-6-10-18(11-7-16)32-24(17-8-12-19(34-2)13-9-17)30-31-25(32)35-15-23(33)29-28-14-20-21(26)4-3-5-22(20)27/h3-14H,15H2,1-2H3,(H,29,33)/b28-14+. The van der Waals surface area contributed by atoms with Crippen molar-refractivity contribution in [2.45, 2.75) is 12.1 Å². The molecular weight excluding hydrogens is 489 g/mol. The Kier molecular flexibility index (Phi) is 7.79. The van der Waals surface area contributed by atoms with Crippen molar-refractivity contribution < 1.29 is 13.9 Å². The number of methoxy groups -OCH3 is 1. The molecule has 178 valence electrons. The number of nitrogens with one attached hydrogen (secondary N) is 1. The van der Waals surface area contributed by atoms with Gasteiger partial charge in [0, 0.05) is 16.8 Å². The zero-order chi connectivity index (χ0) is 24.8. The van der Waals surface area contributed by atoms with Crippen molar-refractivity contribution in [1.82, 2.24) is 20.2 Å². The second-order valence-corrected chi connectivity index (χ2v) is 8.77. The molecule has 1 heterocycles. The van der Waals surface area contributed by atoms with Gasteiger partial charge >= 0.3 is 0 Å². The minimum Gasteiger partial charge on any atom is -0.497 e. The molecule has 7 nitrogen and oxygen atoms in total. The van der Waals surface area contributed by atoms with Crippen LogP contribution in [0.25, 0.3) is 17.1 Å². The van der Waals surface area contributed by atoms with Crippen LogP contribution >= 0.6 is 23.4 Å². The Labute approximate surface area is 211 Å². The van der Waals surface area contributed by atoms with Crippen molar-refractivity contribution in [3.8, 4) is 22.8 Å². The zero-order valence-corrected chi connectivity index (χ0v) is 20.5. The summed E-state index contributed by atoms with van der Waals surface area (Å²) >= 11 is 7.18. The zero-order valence-electron chi connectivity index (χ0n) is 18.9. The monoisotopic (exact) mass is 509 g/mol. The lowest BCUT2D eigenvalue weighted by Gasteiger charge is -2.11. The van der Waals surface area contributed by atoms with Gasteiger partial charge in [-0.25, -0.2) is 9.82 Å². The Morgan fingerprint density at radius 2 is 1.89 bits per heavy atom. The maximum absolute atomic E-state index is 13.8. The molecular formula is C25H21ClFN5O2S. The van der Waals surface area contributed by atoms with E-state index >= 15 is 0 Å². The molecule has 0 saturated carbocycles. The normalized spacial score (nSPS) is 11.1. The van der Waals surface area contributed by atoms with E-state index in [0.717, 1.165) is 22.6 Å². The Hall–Kier alpha value is -3.69. The van der Waals surface area contributed by atoms with Crippen molar-refractivity contribution in [3.05, 3.63) is 88.7 Å². The van der Waals surface area contributed by atoms with E-state index in [1.54, 1.807) is 13.2 Å². The molecule has 0 atom stereocenters. The van der Waals surface area contributed by atoms with Gasteiger partial charge in [-0.3, -0.25) is 9.36 Å². The first-order chi connectivity index (χ1) is 17.0. The van der Waals surface area contributed by atoms with Gasteiger partial charge in [-0.05, 0) is 55.5 Å². The van der Waals surface area contributed by atoms with Gasteiger partial charge in [0.1, 0.15) is 11.6 Å². The predicted octanol–water partition coefficient (Wildman–Crippen LogP) is 5.29. The number of hydrazone groups is 1. The van der Waals surface area contributed by atoms with E-state index < -0.39 is 5.82 Å². The summed E-state index contributed by atoms with van der Waals surface area (Å²) < 4.78 is 21.0. The molecule has 0 radical (unpaired) electrons. The summed E-state index contributed by atoms with van der Waals surface area (Å²) in [6, 6.07) is 19.7. The van der Waals surface area contributed by atoms with E-state index in [-0.39, 0.29) is 22.2 Å². The molecule has 1 aromatic heterocycles.